The molecular weight excluding hydrogens is 270 g/mol. The summed E-state index contributed by atoms with van der Waals surface area (Å²) in [5.41, 5.74) is 2.08. The summed E-state index contributed by atoms with van der Waals surface area (Å²) in [5.74, 6) is 0.604. The van der Waals surface area contributed by atoms with E-state index < -0.39 is 0 Å². The maximum absolute atomic E-state index is 11.5. The van der Waals surface area contributed by atoms with Crippen molar-refractivity contribution >= 4 is 29.3 Å². The maximum Gasteiger partial charge on any atom is 0.244 e. The molecule has 5 heteroatoms. The number of hydrogen-bond donors (Lipinski definition) is 1. The molecule has 0 saturated carbocycles. The Kier molecular flexibility index (Phi) is 5.99. The normalized spacial score (nSPS) is 11.3. The van der Waals surface area contributed by atoms with E-state index in [9.17, 15) is 4.79 Å². The summed E-state index contributed by atoms with van der Waals surface area (Å²) in [7, 11) is 0. The van der Waals surface area contributed by atoms with Crippen LogP contribution in [0.15, 0.2) is 29.2 Å². The van der Waals surface area contributed by atoms with E-state index in [4.69, 9.17) is 16.4 Å². The molecule has 0 aliphatic rings. The van der Waals surface area contributed by atoms with Gasteiger partial charge in [-0.05, 0) is 45.0 Å². The van der Waals surface area contributed by atoms with Gasteiger partial charge in [-0.3, -0.25) is 9.63 Å². The summed E-state index contributed by atoms with van der Waals surface area (Å²) in [6.07, 6.45) is 0.420. The largest absolute Gasteiger partial charge is 0.273 e. The summed E-state index contributed by atoms with van der Waals surface area (Å²) in [6.45, 7) is 5.65. The summed E-state index contributed by atoms with van der Waals surface area (Å²) >= 11 is 7.41. The molecule has 1 amide bonds. The molecule has 1 rings (SSSR count). The third-order valence-electron chi connectivity index (χ3n) is 1.88. The zero-order valence-corrected chi connectivity index (χ0v) is 12.4. The highest BCUT2D eigenvalue weighted by molar-refractivity contribution is 7.99. The van der Waals surface area contributed by atoms with Crippen molar-refractivity contribution in [1.29, 1.82) is 0 Å². The van der Waals surface area contributed by atoms with Gasteiger partial charge in [0, 0.05) is 22.1 Å². The first kappa shape index (κ1) is 15.3. The zero-order chi connectivity index (χ0) is 13.6. The van der Waals surface area contributed by atoms with E-state index in [0.717, 1.165) is 9.92 Å². The van der Waals surface area contributed by atoms with Crippen molar-refractivity contribution in [2.24, 2.45) is 0 Å². The molecule has 1 aromatic carbocycles. The van der Waals surface area contributed by atoms with E-state index in [2.05, 4.69) is 5.48 Å². The second kappa shape index (κ2) is 7.02. The Balaban J connectivity index is 2.21. The van der Waals surface area contributed by atoms with Crippen LogP contribution in [0.25, 0.3) is 0 Å². The highest BCUT2D eigenvalue weighted by atomic mass is 35.5. The van der Waals surface area contributed by atoms with E-state index in [1.54, 1.807) is 11.8 Å². The van der Waals surface area contributed by atoms with Crippen LogP contribution >= 0.6 is 23.4 Å². The number of carbonyl (C=O) groups excluding carboxylic acids is 1. The molecule has 18 heavy (non-hydrogen) atoms. The minimum atomic E-state index is -0.362. The second-order valence-electron chi connectivity index (χ2n) is 4.79. The molecule has 0 radical (unpaired) electrons. The van der Waals surface area contributed by atoms with E-state index in [1.165, 1.54) is 0 Å². The summed E-state index contributed by atoms with van der Waals surface area (Å²) in [6, 6.07) is 7.56. The summed E-state index contributed by atoms with van der Waals surface area (Å²) in [4.78, 5) is 17.7. The lowest BCUT2D eigenvalue weighted by Gasteiger charge is -2.18. The van der Waals surface area contributed by atoms with Gasteiger partial charge >= 0.3 is 0 Å². The van der Waals surface area contributed by atoms with E-state index in [-0.39, 0.29) is 11.5 Å². The Morgan fingerprint density at radius 1 is 1.33 bits per heavy atom. The van der Waals surface area contributed by atoms with Crippen molar-refractivity contribution in [2.75, 3.05) is 5.75 Å². The Hall–Kier alpha value is -0.710. The van der Waals surface area contributed by atoms with E-state index in [0.29, 0.717) is 12.2 Å². The van der Waals surface area contributed by atoms with E-state index >= 15 is 0 Å². The number of hydroxylamine groups is 1. The fourth-order valence-electron chi connectivity index (χ4n) is 1.05. The van der Waals surface area contributed by atoms with Crippen molar-refractivity contribution < 1.29 is 9.63 Å². The van der Waals surface area contributed by atoms with Crippen LogP contribution in [0.3, 0.4) is 0 Å². The van der Waals surface area contributed by atoms with Crippen LogP contribution in [0.1, 0.15) is 27.2 Å². The fraction of sp³-hybridized carbons (Fsp3) is 0.462. The van der Waals surface area contributed by atoms with Gasteiger partial charge in [0.05, 0.1) is 5.60 Å². The van der Waals surface area contributed by atoms with Crippen LogP contribution in [-0.4, -0.2) is 17.3 Å². The van der Waals surface area contributed by atoms with Gasteiger partial charge in [0.2, 0.25) is 5.91 Å². The van der Waals surface area contributed by atoms with Gasteiger partial charge in [0.15, 0.2) is 0 Å². The predicted octanol–water partition coefficient (Wildman–Crippen LogP) is 3.67. The lowest BCUT2D eigenvalue weighted by atomic mass is 10.2. The number of rotatable bonds is 5. The molecule has 0 aromatic heterocycles. The van der Waals surface area contributed by atoms with Gasteiger partial charge in [-0.1, -0.05) is 11.6 Å². The summed E-state index contributed by atoms with van der Waals surface area (Å²) < 4.78 is 0. The Labute approximate surface area is 117 Å². The van der Waals surface area contributed by atoms with Crippen molar-refractivity contribution in [1.82, 2.24) is 5.48 Å². The van der Waals surface area contributed by atoms with Gasteiger partial charge < -0.3 is 0 Å². The predicted molar refractivity (Wildman–Crippen MR) is 75.8 cm³/mol. The third-order valence-corrected chi connectivity index (χ3v) is 3.15. The van der Waals surface area contributed by atoms with Crippen LogP contribution in [0.2, 0.25) is 5.02 Å². The Bertz CT molecular complexity index is 387. The van der Waals surface area contributed by atoms with Crippen LogP contribution < -0.4 is 5.48 Å². The SMILES string of the molecule is CC(C)(C)ONC(=O)CCSc1ccc(Cl)cc1. The number of hydrogen-bond acceptors (Lipinski definition) is 3. The maximum atomic E-state index is 11.5. The zero-order valence-electron chi connectivity index (χ0n) is 10.8. The third kappa shape index (κ3) is 6.89. The molecule has 1 N–H and O–H groups in total. The summed E-state index contributed by atoms with van der Waals surface area (Å²) in [5, 5.41) is 0.718. The number of thioether (sulfide) groups is 1. The number of carbonyl (C=O) groups is 1. The standard InChI is InChI=1S/C13H18ClNO2S/c1-13(2,3)17-15-12(16)8-9-18-11-6-4-10(14)5-7-11/h4-7H,8-9H2,1-3H3,(H,15,16). The molecule has 0 heterocycles. The van der Waals surface area contributed by atoms with Crippen molar-refractivity contribution in [2.45, 2.75) is 37.7 Å². The number of benzene rings is 1. The minimum Gasteiger partial charge on any atom is -0.273 e. The Morgan fingerprint density at radius 2 is 1.94 bits per heavy atom. The van der Waals surface area contributed by atoms with Gasteiger partial charge in [-0.2, -0.15) is 0 Å². The quantitative estimate of drug-likeness (QED) is 0.663. The van der Waals surface area contributed by atoms with Gasteiger partial charge in [0.1, 0.15) is 0 Å². The molecule has 0 unspecified atom stereocenters. The smallest absolute Gasteiger partial charge is 0.244 e. The molecule has 3 nitrogen and oxygen atoms in total. The molecule has 0 aliphatic carbocycles. The Morgan fingerprint density at radius 3 is 2.50 bits per heavy atom. The van der Waals surface area contributed by atoms with Crippen LogP contribution in [0, 0.1) is 0 Å². The van der Waals surface area contributed by atoms with Crippen molar-refractivity contribution in [3.63, 3.8) is 0 Å². The lowest BCUT2D eigenvalue weighted by molar-refractivity contribution is -0.145. The number of amides is 1. The molecule has 0 aliphatic heterocycles. The van der Waals surface area contributed by atoms with Gasteiger partial charge in [-0.15, -0.1) is 11.8 Å². The minimum absolute atomic E-state index is 0.105. The average molecular weight is 288 g/mol. The van der Waals surface area contributed by atoms with Crippen LogP contribution in [-0.2, 0) is 9.63 Å². The lowest BCUT2D eigenvalue weighted by Crippen LogP contribution is -2.33. The molecule has 0 spiro atoms. The molecule has 0 fully saturated rings. The first-order chi connectivity index (χ1) is 8.37. The first-order valence-corrected chi connectivity index (χ1v) is 7.08. The van der Waals surface area contributed by atoms with Crippen LogP contribution in [0.5, 0.6) is 0 Å². The van der Waals surface area contributed by atoms with E-state index in [1.807, 2.05) is 45.0 Å². The topological polar surface area (TPSA) is 38.3 Å². The number of halogens is 1. The second-order valence-corrected chi connectivity index (χ2v) is 6.40. The molecule has 1 aromatic rings. The monoisotopic (exact) mass is 287 g/mol. The van der Waals surface area contributed by atoms with Gasteiger partial charge in [-0.25, -0.2) is 5.48 Å². The highest BCUT2D eigenvalue weighted by Gasteiger charge is 2.12. The van der Waals surface area contributed by atoms with Crippen LogP contribution in [0.4, 0.5) is 0 Å². The molecule has 0 atom stereocenters. The molecule has 0 saturated heterocycles. The average Bonchev–Trinajstić information content (AvgIpc) is 2.28. The molecular formula is C13H18ClNO2S. The highest BCUT2D eigenvalue weighted by Crippen LogP contribution is 2.20. The molecule has 0 bridgehead atoms. The molecule has 100 valence electrons. The van der Waals surface area contributed by atoms with Gasteiger partial charge in [0.25, 0.3) is 0 Å². The van der Waals surface area contributed by atoms with Crippen molar-refractivity contribution in [3.05, 3.63) is 29.3 Å². The first-order valence-electron chi connectivity index (χ1n) is 5.72. The number of nitrogens with one attached hydrogen (secondary N) is 1. The fourth-order valence-corrected chi connectivity index (χ4v) is 2.03. The van der Waals surface area contributed by atoms with Crippen molar-refractivity contribution in [3.8, 4) is 0 Å².